The maximum atomic E-state index is 14.3. The van der Waals surface area contributed by atoms with E-state index >= 15 is 0 Å². The first kappa shape index (κ1) is 75.1. The first-order valence-corrected chi connectivity index (χ1v) is 36.4. The highest BCUT2D eigenvalue weighted by Crippen LogP contribution is 2.44. The van der Waals surface area contributed by atoms with E-state index in [1.54, 1.807) is 66.0 Å². The largest absolute Gasteiger partial charge is 0.446 e. The zero-order valence-corrected chi connectivity index (χ0v) is 59.7. The lowest BCUT2D eigenvalue weighted by Gasteiger charge is -2.39. The molecule has 26 heteroatoms. The number of piperazine rings is 2. The van der Waals surface area contributed by atoms with E-state index in [4.69, 9.17) is 21.1 Å². The molecule has 5 amide bonds. The van der Waals surface area contributed by atoms with Gasteiger partial charge in [-0.1, -0.05) is 79.2 Å². The van der Waals surface area contributed by atoms with Crippen molar-refractivity contribution in [3.8, 4) is 0 Å². The Hall–Kier alpha value is -7.10. The van der Waals surface area contributed by atoms with Crippen molar-refractivity contribution in [2.24, 2.45) is 5.41 Å². The van der Waals surface area contributed by atoms with Crippen LogP contribution < -0.4 is 25.6 Å². The second-order valence-electron chi connectivity index (χ2n) is 25.7. The fourth-order valence-electron chi connectivity index (χ4n) is 12.4. The molecule has 3 saturated heterocycles. The number of rotatable bonds is 32. The molecule has 2 atom stereocenters. The number of anilines is 2. The molecule has 0 bridgehead atoms. The van der Waals surface area contributed by atoms with E-state index in [-0.39, 0.29) is 59.0 Å². The molecule has 3 aliphatic heterocycles. The number of carbonyl (C=O) groups excluding carboxylic acids is 5. The van der Waals surface area contributed by atoms with Crippen LogP contribution in [0.15, 0.2) is 159 Å². The van der Waals surface area contributed by atoms with Gasteiger partial charge >= 0.3 is 5.51 Å². The van der Waals surface area contributed by atoms with E-state index < -0.39 is 23.4 Å². The highest BCUT2D eigenvalue weighted by atomic mass is 35.5. The summed E-state index contributed by atoms with van der Waals surface area (Å²) in [7, 11) is 0. The Morgan fingerprint density at radius 3 is 2.31 bits per heavy atom. The molecule has 1 unspecified atom stereocenters. The van der Waals surface area contributed by atoms with Crippen LogP contribution in [-0.2, 0) is 41.8 Å². The fourth-order valence-corrected chi connectivity index (χ4v) is 14.9. The average Bonchev–Trinajstić information content (AvgIpc) is 1.60. The van der Waals surface area contributed by atoms with Crippen LogP contribution in [0.1, 0.15) is 94.8 Å². The maximum absolute atomic E-state index is 14.3. The quantitative estimate of drug-likeness (QED) is 0.0137. The SMILES string of the molecule is C=C1CN(C(C)C(=O)NC(C)=O)C(=O)/C1=C(/C=C\C)NCCOCCOCc1cn(CCCC(=O)N2CCN(CC[C@H](CSc3ccccc3)Nc3ccc(SNC(=O)c4ccc(N5CCN(CC6=C(c7ccc(Cl)cc7)CCC(C)(C)C6)CC5)cc4)cc3SC(F)(F)F)CC2)nn1. The van der Waals surface area contributed by atoms with Crippen LogP contribution in [0.4, 0.5) is 24.5 Å². The number of allylic oxidation sites excluding steroid dienone is 3. The van der Waals surface area contributed by atoms with Gasteiger partial charge in [-0.25, -0.2) is 0 Å². The summed E-state index contributed by atoms with van der Waals surface area (Å²) >= 11 is 8.68. The lowest BCUT2D eigenvalue weighted by molar-refractivity contribution is -0.138. The smallest absolute Gasteiger partial charge is 0.382 e. The van der Waals surface area contributed by atoms with Gasteiger partial charge in [0.15, 0.2) is 0 Å². The number of aryl methyl sites for hydroxylation is 1. The van der Waals surface area contributed by atoms with Crippen molar-refractivity contribution in [2.75, 3.05) is 114 Å². The summed E-state index contributed by atoms with van der Waals surface area (Å²) in [4.78, 5) is 76.1. The molecular formula is C72H90ClF3N12O7S3. The van der Waals surface area contributed by atoms with Crippen LogP contribution in [0.5, 0.6) is 0 Å². The second kappa shape index (κ2) is 36.3. The molecule has 4 N–H and O–H groups in total. The highest BCUT2D eigenvalue weighted by molar-refractivity contribution is 8.00. The molecule has 0 saturated carbocycles. The van der Waals surface area contributed by atoms with Crippen molar-refractivity contribution in [3.05, 3.63) is 166 Å². The first-order valence-electron chi connectivity index (χ1n) is 33.4. The van der Waals surface area contributed by atoms with Gasteiger partial charge in [0.25, 0.3) is 11.8 Å². The van der Waals surface area contributed by atoms with E-state index in [0.717, 1.165) is 79.5 Å². The van der Waals surface area contributed by atoms with E-state index in [9.17, 15) is 37.1 Å². The van der Waals surface area contributed by atoms with E-state index in [0.29, 0.717) is 129 Å². The maximum Gasteiger partial charge on any atom is 0.446 e. The Morgan fingerprint density at radius 2 is 1.59 bits per heavy atom. The third kappa shape index (κ3) is 22.7. The van der Waals surface area contributed by atoms with Crippen molar-refractivity contribution in [3.63, 3.8) is 0 Å². The van der Waals surface area contributed by atoms with Crippen molar-refractivity contribution >= 4 is 93.6 Å². The molecular weight excluding hydrogens is 1330 g/mol. The van der Waals surface area contributed by atoms with Gasteiger partial charge < -0.3 is 34.8 Å². The van der Waals surface area contributed by atoms with E-state index in [1.165, 1.54) is 34.6 Å². The zero-order valence-electron chi connectivity index (χ0n) is 56.5. The van der Waals surface area contributed by atoms with Crippen LogP contribution in [0.2, 0.25) is 5.02 Å². The molecule has 1 aromatic heterocycles. The lowest BCUT2D eigenvalue weighted by atomic mass is 9.73. The Kier molecular flexibility index (Phi) is 27.8. The minimum absolute atomic E-state index is 0.00789. The Labute approximate surface area is 591 Å². The number of hydrogen-bond donors (Lipinski definition) is 4. The Morgan fingerprint density at radius 1 is 0.867 bits per heavy atom. The van der Waals surface area contributed by atoms with Gasteiger partial charge in [0.2, 0.25) is 17.7 Å². The molecule has 4 aliphatic rings. The molecule has 19 nitrogen and oxygen atoms in total. The number of imide groups is 1. The number of nitrogens with one attached hydrogen (secondary N) is 4. The van der Waals surface area contributed by atoms with Crippen molar-refractivity contribution in [1.29, 1.82) is 0 Å². The minimum atomic E-state index is -4.56. The molecule has 0 spiro atoms. The number of benzene rings is 4. The molecule has 3 fully saturated rings. The van der Waals surface area contributed by atoms with Crippen LogP contribution in [0, 0.1) is 5.41 Å². The van der Waals surface area contributed by atoms with Crippen LogP contribution >= 0.6 is 47.1 Å². The number of carbonyl (C=O) groups is 5. The molecule has 5 aromatic rings. The number of nitrogens with zero attached hydrogens (tertiary/aromatic N) is 8. The van der Waals surface area contributed by atoms with E-state index in [1.807, 2.05) is 66.4 Å². The number of amides is 5. The summed E-state index contributed by atoms with van der Waals surface area (Å²) in [6.45, 7) is 23.3. The Balaban J connectivity index is 0.682. The lowest BCUT2D eigenvalue weighted by Crippen LogP contribution is -2.49. The third-order valence-corrected chi connectivity index (χ3v) is 20.6. The van der Waals surface area contributed by atoms with Crippen LogP contribution in [0.25, 0.3) is 5.57 Å². The summed E-state index contributed by atoms with van der Waals surface area (Å²) in [6.07, 6.45) is 10.2. The number of alkyl halides is 3. The van der Waals surface area contributed by atoms with Crippen molar-refractivity contribution < 1.29 is 46.6 Å². The highest BCUT2D eigenvalue weighted by Gasteiger charge is 2.38. The monoisotopic (exact) mass is 1420 g/mol. The minimum Gasteiger partial charge on any atom is -0.382 e. The normalized spacial score (nSPS) is 17.5. The van der Waals surface area contributed by atoms with Crippen molar-refractivity contribution in [1.82, 2.24) is 49.9 Å². The number of ether oxygens (including phenoxy) is 2. The van der Waals surface area contributed by atoms with Gasteiger partial charge in [0.1, 0.15) is 11.7 Å². The predicted molar refractivity (Wildman–Crippen MR) is 384 cm³/mol. The fraction of sp³-hybridized carbons (Fsp3) is 0.458. The first-order chi connectivity index (χ1) is 47.1. The summed E-state index contributed by atoms with van der Waals surface area (Å²) in [5.74, 6) is -1.11. The van der Waals surface area contributed by atoms with Gasteiger partial charge in [-0.2, -0.15) is 13.2 Å². The summed E-state index contributed by atoms with van der Waals surface area (Å²) in [6, 6.07) is 29.4. The number of hydrogen-bond acceptors (Lipinski definition) is 17. The molecule has 0 radical (unpaired) electrons. The van der Waals surface area contributed by atoms with Gasteiger partial charge in [-0.15, -0.1) is 16.9 Å². The standard InChI is InChI=1S/C72H90ClF3N12O7S3/c1-7-12-64(67-50(2)45-88(70(67)93)51(3)68(91)78-52(4)89)77-29-40-94-41-42-95-48-58-47-87(82-80-58)30-11-15-66(90)86-38-32-83(33-39-86)31-27-57(49-96-60-13-9-8-10-14-60)79-63-25-24-61(43-65(63)97-72(74,75)76)98-81-69(92)54-18-22-59(23-19-54)85-36-34-84(35-37-85)46-55-44-71(5,6)28-26-62(55)53-16-20-56(73)21-17-53/h7-10,12-14,16-25,43,47,51,57,77,79H,2,11,15,26-42,44-46,48-49H2,1,3-6H3,(H,81,92)(H,78,89,91)/b12-7-,67-64-/t51?,57-/m1/s1. The molecule has 526 valence electrons. The molecule has 4 aromatic carbocycles. The average molecular weight is 1420 g/mol. The number of aromatic nitrogens is 3. The number of likely N-dealkylation sites (tertiary alicyclic amines) is 1. The van der Waals surface area contributed by atoms with Gasteiger partial charge in [0.05, 0.1) is 38.2 Å². The Bertz CT molecular complexity index is 3640. The second-order valence-corrected chi connectivity index (χ2v) is 29.2. The molecule has 9 rings (SSSR count). The number of halogens is 4. The third-order valence-electron chi connectivity index (χ3n) is 17.6. The zero-order chi connectivity index (χ0) is 69.8. The van der Waals surface area contributed by atoms with Gasteiger partial charge in [-0.3, -0.25) is 48.5 Å². The number of thioether (sulfide) groups is 2. The van der Waals surface area contributed by atoms with Crippen LogP contribution in [-0.4, -0.2) is 186 Å². The van der Waals surface area contributed by atoms with Gasteiger partial charge in [-0.05, 0) is 165 Å². The molecule has 98 heavy (non-hydrogen) atoms. The predicted octanol–water partition coefficient (Wildman–Crippen LogP) is 11.8. The molecule has 4 heterocycles. The van der Waals surface area contributed by atoms with Crippen molar-refractivity contribution in [2.45, 2.75) is 119 Å². The summed E-state index contributed by atoms with van der Waals surface area (Å²) < 4.78 is 58.9. The van der Waals surface area contributed by atoms with E-state index in [2.05, 4.69) is 78.2 Å². The topological polar surface area (TPSA) is 199 Å². The van der Waals surface area contributed by atoms with Gasteiger partial charge in [0, 0.05) is 153 Å². The summed E-state index contributed by atoms with van der Waals surface area (Å²) in [5, 5.41) is 18.1. The molecule has 1 aliphatic carbocycles. The summed E-state index contributed by atoms with van der Waals surface area (Å²) in [5.41, 5.74) is 3.88. The van der Waals surface area contributed by atoms with Crippen LogP contribution in [0.3, 0.4) is 0 Å².